The van der Waals surface area contributed by atoms with E-state index in [0.717, 1.165) is 25.7 Å². The first-order chi connectivity index (χ1) is 9.98. The van der Waals surface area contributed by atoms with Crippen LogP contribution in [0.3, 0.4) is 0 Å². The highest BCUT2D eigenvalue weighted by atomic mass is 19.4. The Labute approximate surface area is 121 Å². The lowest BCUT2D eigenvalue weighted by atomic mass is 9.85. The number of ether oxygens (including phenoxy) is 2. The van der Waals surface area contributed by atoms with Gasteiger partial charge in [-0.2, -0.15) is 0 Å². The van der Waals surface area contributed by atoms with E-state index in [1.165, 1.54) is 24.6 Å². The zero-order chi connectivity index (χ0) is 14.9. The highest BCUT2D eigenvalue weighted by molar-refractivity contribution is 5.33. The highest BCUT2D eigenvalue weighted by Gasteiger charge is 2.33. The molecule has 1 N–H and O–H groups in total. The molecule has 21 heavy (non-hydrogen) atoms. The Morgan fingerprint density at radius 2 is 1.71 bits per heavy atom. The minimum atomic E-state index is -4.68. The average molecular weight is 301 g/mol. The summed E-state index contributed by atoms with van der Waals surface area (Å²) < 4.78 is 46.4. The van der Waals surface area contributed by atoms with Gasteiger partial charge in [-0.1, -0.05) is 12.5 Å². The molecule has 3 nitrogen and oxygen atoms in total. The van der Waals surface area contributed by atoms with Crippen LogP contribution in [0.15, 0.2) is 24.3 Å². The van der Waals surface area contributed by atoms with Crippen molar-refractivity contribution in [2.24, 2.45) is 0 Å². The van der Waals surface area contributed by atoms with E-state index in [2.05, 4.69) is 10.1 Å². The molecule has 2 heterocycles. The maximum absolute atomic E-state index is 12.2. The third-order valence-corrected chi connectivity index (χ3v) is 4.01. The van der Waals surface area contributed by atoms with Crippen LogP contribution in [-0.2, 0) is 0 Å². The van der Waals surface area contributed by atoms with E-state index < -0.39 is 6.36 Å². The first kappa shape index (κ1) is 14.5. The normalized spacial score (nSPS) is 29.0. The molecule has 2 aliphatic heterocycles. The van der Waals surface area contributed by atoms with Gasteiger partial charge in [0.2, 0.25) is 0 Å². The molecule has 1 aromatic rings. The van der Waals surface area contributed by atoms with Crippen molar-refractivity contribution in [3.05, 3.63) is 24.3 Å². The molecule has 3 rings (SSSR count). The molecule has 2 saturated heterocycles. The smallest absolute Gasteiger partial charge is 0.490 e. The van der Waals surface area contributed by atoms with Crippen LogP contribution in [0.4, 0.5) is 13.2 Å². The summed E-state index contributed by atoms with van der Waals surface area (Å²) in [6.45, 7) is 0. The lowest BCUT2D eigenvalue weighted by Crippen LogP contribution is -2.51. The van der Waals surface area contributed by atoms with Gasteiger partial charge in [-0.3, -0.25) is 0 Å². The molecule has 2 bridgehead atoms. The van der Waals surface area contributed by atoms with E-state index in [1.54, 1.807) is 6.07 Å². The van der Waals surface area contributed by atoms with E-state index in [-0.39, 0.29) is 11.9 Å². The van der Waals surface area contributed by atoms with Crippen molar-refractivity contribution >= 4 is 0 Å². The van der Waals surface area contributed by atoms with Gasteiger partial charge in [0.15, 0.2) is 0 Å². The second-order valence-electron chi connectivity index (χ2n) is 5.73. The monoisotopic (exact) mass is 301 g/mol. The van der Waals surface area contributed by atoms with Gasteiger partial charge in [-0.15, -0.1) is 13.2 Å². The Balaban J connectivity index is 1.63. The van der Waals surface area contributed by atoms with E-state index in [4.69, 9.17) is 4.74 Å². The molecule has 2 fully saturated rings. The van der Waals surface area contributed by atoms with Crippen LogP contribution in [0.2, 0.25) is 0 Å². The van der Waals surface area contributed by atoms with Crippen LogP contribution < -0.4 is 14.8 Å². The van der Waals surface area contributed by atoms with Gasteiger partial charge in [0.25, 0.3) is 0 Å². The largest absolute Gasteiger partial charge is 0.573 e. The summed E-state index contributed by atoms with van der Waals surface area (Å²) in [5, 5.41) is 3.56. The molecule has 0 radical (unpaired) electrons. The Bertz CT molecular complexity index is 480. The zero-order valence-corrected chi connectivity index (χ0v) is 11.5. The molecule has 0 aliphatic carbocycles. The number of piperidine rings is 2. The number of halogens is 3. The van der Waals surface area contributed by atoms with Crippen molar-refractivity contribution in [1.29, 1.82) is 0 Å². The van der Waals surface area contributed by atoms with E-state index in [0.29, 0.717) is 17.8 Å². The fraction of sp³-hybridized carbons (Fsp3) is 0.600. The lowest BCUT2D eigenvalue weighted by Gasteiger charge is -2.40. The van der Waals surface area contributed by atoms with Crippen molar-refractivity contribution in [3.63, 3.8) is 0 Å². The predicted octanol–water partition coefficient (Wildman–Crippen LogP) is 3.64. The van der Waals surface area contributed by atoms with Crippen LogP contribution in [0, 0.1) is 0 Å². The zero-order valence-electron chi connectivity index (χ0n) is 11.5. The van der Waals surface area contributed by atoms with Crippen LogP contribution >= 0.6 is 0 Å². The molecule has 0 aromatic heterocycles. The molecule has 116 valence electrons. The van der Waals surface area contributed by atoms with Crippen molar-refractivity contribution in [1.82, 2.24) is 5.32 Å². The van der Waals surface area contributed by atoms with Crippen LogP contribution in [-0.4, -0.2) is 24.6 Å². The molecule has 3 atom stereocenters. The summed E-state index contributed by atoms with van der Waals surface area (Å²) in [7, 11) is 0. The maximum Gasteiger partial charge on any atom is 0.573 e. The van der Waals surface area contributed by atoms with Crippen molar-refractivity contribution in [3.8, 4) is 11.5 Å². The molecule has 0 unspecified atom stereocenters. The second-order valence-corrected chi connectivity index (χ2v) is 5.73. The van der Waals surface area contributed by atoms with Gasteiger partial charge < -0.3 is 14.8 Å². The minimum Gasteiger partial charge on any atom is -0.490 e. The van der Waals surface area contributed by atoms with Gasteiger partial charge in [0, 0.05) is 18.2 Å². The fourth-order valence-corrected chi connectivity index (χ4v) is 3.25. The summed E-state index contributed by atoms with van der Waals surface area (Å²) in [4.78, 5) is 0. The summed E-state index contributed by atoms with van der Waals surface area (Å²) in [5.41, 5.74) is 0. The first-order valence-corrected chi connectivity index (χ1v) is 7.26. The minimum absolute atomic E-state index is 0.0580. The lowest BCUT2D eigenvalue weighted by molar-refractivity contribution is -0.274. The predicted molar refractivity (Wildman–Crippen MR) is 71.3 cm³/mol. The molecule has 1 aromatic carbocycles. The number of fused-ring (bicyclic) bond motifs is 2. The Morgan fingerprint density at radius 3 is 2.38 bits per heavy atom. The SMILES string of the molecule is FC(F)(F)Oc1cccc(O[C@@H]2C[C@H]3CCC[C@@H](C2)N3)c1. The van der Waals surface area contributed by atoms with Crippen molar-refractivity contribution < 1.29 is 22.6 Å². The molecular formula is C15H18F3NO2. The molecule has 2 aliphatic rings. The molecule has 0 amide bonds. The Kier molecular flexibility index (Phi) is 3.97. The third kappa shape index (κ3) is 4.03. The molecule has 0 spiro atoms. The standard InChI is InChI=1S/C15H18F3NO2/c16-15(17,18)21-13-6-2-5-12(9-13)20-14-7-10-3-1-4-11(8-14)19-10/h2,5-6,9-11,14,19H,1,3-4,7-8H2/t10-,11+,14-. The number of nitrogens with one attached hydrogen (secondary N) is 1. The van der Waals surface area contributed by atoms with Crippen molar-refractivity contribution in [2.45, 2.75) is 56.7 Å². The first-order valence-electron chi connectivity index (χ1n) is 7.26. The Morgan fingerprint density at radius 1 is 1.05 bits per heavy atom. The fourth-order valence-electron chi connectivity index (χ4n) is 3.25. The van der Waals surface area contributed by atoms with Crippen LogP contribution in [0.1, 0.15) is 32.1 Å². The number of alkyl halides is 3. The van der Waals surface area contributed by atoms with E-state index >= 15 is 0 Å². The van der Waals surface area contributed by atoms with Crippen LogP contribution in [0.25, 0.3) is 0 Å². The summed E-state index contributed by atoms with van der Waals surface area (Å²) in [5.74, 6) is 0.191. The Hall–Kier alpha value is -1.43. The highest BCUT2D eigenvalue weighted by Crippen LogP contribution is 2.31. The summed E-state index contributed by atoms with van der Waals surface area (Å²) in [6, 6.07) is 6.69. The van der Waals surface area contributed by atoms with Gasteiger partial charge in [-0.05, 0) is 37.8 Å². The number of hydrogen-bond donors (Lipinski definition) is 1. The quantitative estimate of drug-likeness (QED) is 0.924. The third-order valence-electron chi connectivity index (χ3n) is 4.01. The average Bonchev–Trinajstić information content (AvgIpc) is 2.36. The number of benzene rings is 1. The van der Waals surface area contributed by atoms with Gasteiger partial charge in [-0.25, -0.2) is 0 Å². The van der Waals surface area contributed by atoms with Crippen molar-refractivity contribution in [2.75, 3.05) is 0 Å². The van der Waals surface area contributed by atoms with Gasteiger partial charge in [0.1, 0.15) is 17.6 Å². The number of rotatable bonds is 3. The van der Waals surface area contributed by atoms with Gasteiger partial charge >= 0.3 is 6.36 Å². The van der Waals surface area contributed by atoms with Gasteiger partial charge in [0.05, 0.1) is 0 Å². The van der Waals surface area contributed by atoms with E-state index in [9.17, 15) is 13.2 Å². The van der Waals surface area contributed by atoms with E-state index in [1.807, 2.05) is 0 Å². The number of hydrogen-bond acceptors (Lipinski definition) is 3. The molecule has 0 saturated carbocycles. The second kappa shape index (κ2) is 5.75. The summed E-state index contributed by atoms with van der Waals surface area (Å²) in [6.07, 6.45) is 0.722. The topological polar surface area (TPSA) is 30.5 Å². The molecule has 6 heteroatoms. The summed E-state index contributed by atoms with van der Waals surface area (Å²) >= 11 is 0. The molecular weight excluding hydrogens is 283 g/mol. The van der Waals surface area contributed by atoms with Crippen LogP contribution in [0.5, 0.6) is 11.5 Å². The maximum atomic E-state index is 12.2.